The first kappa shape index (κ1) is 16.3. The van der Waals surface area contributed by atoms with Crippen LogP contribution in [0.15, 0.2) is 54.9 Å². The van der Waals surface area contributed by atoms with E-state index in [4.69, 9.17) is 4.74 Å². The van der Waals surface area contributed by atoms with Crippen molar-refractivity contribution in [1.29, 1.82) is 0 Å². The zero-order valence-electron chi connectivity index (χ0n) is 14.4. The number of ether oxygens (including phenoxy) is 1. The number of H-pyrrole nitrogens is 1. The highest BCUT2D eigenvalue weighted by Gasteiger charge is 2.14. The van der Waals surface area contributed by atoms with Gasteiger partial charge < -0.3 is 9.72 Å². The minimum atomic E-state index is 0.597. The molecule has 2 aromatic carbocycles. The molecule has 124 valence electrons. The average molecular weight is 320 g/mol. The molecule has 0 atom stereocenters. The van der Waals surface area contributed by atoms with E-state index in [1.165, 1.54) is 22.3 Å². The zero-order chi connectivity index (χ0) is 16.8. The predicted molar refractivity (Wildman–Crippen MR) is 97.4 cm³/mol. The van der Waals surface area contributed by atoms with Gasteiger partial charge in [-0.1, -0.05) is 50.2 Å². The van der Waals surface area contributed by atoms with Crippen molar-refractivity contribution < 1.29 is 4.74 Å². The number of aryl methyl sites for hydroxylation is 1. The molecule has 1 aromatic heterocycles. The standard InChI is InChI=1S/C21H24N2O/c1-3-17-10-11-20(24-15-16-8-6-5-7-9-16)18(4-2)19(17)14-21-22-12-13-23-21/h5-13H,3-4,14-15H2,1-2H3,(H,22,23). The lowest BCUT2D eigenvalue weighted by molar-refractivity contribution is 0.302. The number of rotatable bonds is 7. The van der Waals surface area contributed by atoms with E-state index >= 15 is 0 Å². The Morgan fingerprint density at radius 2 is 1.79 bits per heavy atom. The summed E-state index contributed by atoms with van der Waals surface area (Å²) in [6, 6.07) is 14.6. The minimum Gasteiger partial charge on any atom is -0.489 e. The first-order valence-corrected chi connectivity index (χ1v) is 8.60. The highest BCUT2D eigenvalue weighted by atomic mass is 16.5. The van der Waals surface area contributed by atoms with Gasteiger partial charge in [-0.05, 0) is 41.2 Å². The summed E-state index contributed by atoms with van der Waals surface area (Å²) in [6.07, 6.45) is 6.47. The first-order valence-electron chi connectivity index (χ1n) is 8.60. The van der Waals surface area contributed by atoms with E-state index in [1.807, 2.05) is 30.6 Å². The van der Waals surface area contributed by atoms with Gasteiger partial charge in [0.15, 0.2) is 0 Å². The van der Waals surface area contributed by atoms with Crippen LogP contribution in [0.5, 0.6) is 5.75 Å². The number of aromatic nitrogens is 2. The van der Waals surface area contributed by atoms with E-state index in [0.717, 1.165) is 30.8 Å². The van der Waals surface area contributed by atoms with Crippen LogP contribution < -0.4 is 4.74 Å². The number of nitrogens with zero attached hydrogens (tertiary/aromatic N) is 1. The van der Waals surface area contributed by atoms with Crippen LogP contribution in [0.3, 0.4) is 0 Å². The van der Waals surface area contributed by atoms with Crippen LogP contribution in [-0.4, -0.2) is 9.97 Å². The quantitative estimate of drug-likeness (QED) is 0.685. The molecule has 3 heteroatoms. The van der Waals surface area contributed by atoms with Gasteiger partial charge in [-0.2, -0.15) is 0 Å². The van der Waals surface area contributed by atoms with E-state index in [-0.39, 0.29) is 0 Å². The number of nitrogens with one attached hydrogen (secondary N) is 1. The van der Waals surface area contributed by atoms with Crippen molar-refractivity contribution in [2.24, 2.45) is 0 Å². The van der Waals surface area contributed by atoms with Gasteiger partial charge in [-0.15, -0.1) is 0 Å². The molecule has 0 aliphatic rings. The molecule has 0 radical (unpaired) electrons. The molecule has 3 aromatic rings. The number of hydrogen-bond donors (Lipinski definition) is 1. The highest BCUT2D eigenvalue weighted by Crippen LogP contribution is 2.29. The van der Waals surface area contributed by atoms with Gasteiger partial charge >= 0.3 is 0 Å². The molecule has 3 nitrogen and oxygen atoms in total. The Morgan fingerprint density at radius 3 is 2.46 bits per heavy atom. The summed E-state index contributed by atoms with van der Waals surface area (Å²) >= 11 is 0. The monoisotopic (exact) mass is 320 g/mol. The molecule has 24 heavy (non-hydrogen) atoms. The molecular formula is C21H24N2O. The van der Waals surface area contributed by atoms with Crippen LogP contribution in [0.4, 0.5) is 0 Å². The second-order valence-corrected chi connectivity index (χ2v) is 5.87. The summed E-state index contributed by atoms with van der Waals surface area (Å²) < 4.78 is 6.14. The smallest absolute Gasteiger partial charge is 0.123 e. The Morgan fingerprint density at radius 1 is 0.958 bits per heavy atom. The molecule has 0 aliphatic carbocycles. The molecule has 0 spiro atoms. The molecule has 0 amide bonds. The van der Waals surface area contributed by atoms with Crippen LogP contribution in [0, 0.1) is 0 Å². The van der Waals surface area contributed by atoms with Crippen molar-refractivity contribution in [1.82, 2.24) is 9.97 Å². The fraction of sp³-hybridized carbons (Fsp3) is 0.286. The molecular weight excluding hydrogens is 296 g/mol. The number of hydrogen-bond acceptors (Lipinski definition) is 2. The summed E-state index contributed by atoms with van der Waals surface area (Å²) in [7, 11) is 0. The molecule has 0 aliphatic heterocycles. The molecule has 0 fully saturated rings. The maximum absolute atomic E-state index is 6.14. The Balaban J connectivity index is 1.88. The van der Waals surface area contributed by atoms with Crippen molar-refractivity contribution in [3.05, 3.63) is 82.9 Å². The lowest BCUT2D eigenvalue weighted by Gasteiger charge is -2.17. The Labute approximate surface area is 143 Å². The van der Waals surface area contributed by atoms with Gasteiger partial charge in [-0.25, -0.2) is 4.98 Å². The van der Waals surface area contributed by atoms with Crippen LogP contribution in [0.2, 0.25) is 0 Å². The molecule has 0 saturated heterocycles. The molecule has 0 unspecified atom stereocenters. The summed E-state index contributed by atoms with van der Waals surface area (Å²) in [4.78, 5) is 7.60. The third-order valence-corrected chi connectivity index (χ3v) is 4.36. The van der Waals surface area contributed by atoms with Gasteiger partial charge in [0.1, 0.15) is 18.2 Å². The number of imidazole rings is 1. The third kappa shape index (κ3) is 3.67. The van der Waals surface area contributed by atoms with Crippen molar-refractivity contribution >= 4 is 0 Å². The second-order valence-electron chi connectivity index (χ2n) is 5.87. The topological polar surface area (TPSA) is 37.9 Å². The minimum absolute atomic E-state index is 0.597. The van der Waals surface area contributed by atoms with E-state index in [2.05, 4.69) is 48.1 Å². The number of benzene rings is 2. The lowest BCUT2D eigenvalue weighted by Crippen LogP contribution is -2.06. The predicted octanol–water partition coefficient (Wildman–Crippen LogP) is 4.70. The summed E-state index contributed by atoms with van der Waals surface area (Å²) in [6.45, 7) is 4.99. The van der Waals surface area contributed by atoms with Gasteiger partial charge in [0.2, 0.25) is 0 Å². The van der Waals surface area contributed by atoms with Gasteiger partial charge in [0.05, 0.1) is 0 Å². The SMILES string of the molecule is CCc1ccc(OCc2ccccc2)c(CC)c1Cc1ncc[nH]1. The summed E-state index contributed by atoms with van der Waals surface area (Å²) in [5.74, 6) is 1.99. The highest BCUT2D eigenvalue weighted by molar-refractivity contribution is 5.46. The van der Waals surface area contributed by atoms with Gasteiger partial charge in [-0.3, -0.25) is 0 Å². The lowest BCUT2D eigenvalue weighted by atomic mass is 9.94. The fourth-order valence-electron chi connectivity index (χ4n) is 3.09. The number of aromatic amines is 1. The van der Waals surface area contributed by atoms with E-state index in [9.17, 15) is 0 Å². The van der Waals surface area contributed by atoms with Crippen LogP contribution >= 0.6 is 0 Å². The maximum Gasteiger partial charge on any atom is 0.123 e. The Bertz CT molecular complexity index is 764. The molecule has 1 heterocycles. The van der Waals surface area contributed by atoms with Crippen molar-refractivity contribution in [3.8, 4) is 5.75 Å². The fourth-order valence-corrected chi connectivity index (χ4v) is 3.09. The van der Waals surface area contributed by atoms with Crippen LogP contribution in [-0.2, 0) is 25.9 Å². The van der Waals surface area contributed by atoms with Crippen LogP contribution in [0.1, 0.15) is 41.9 Å². The van der Waals surface area contributed by atoms with E-state index in [0.29, 0.717) is 6.61 Å². The van der Waals surface area contributed by atoms with E-state index < -0.39 is 0 Å². The average Bonchev–Trinajstić information content (AvgIpc) is 3.14. The second kappa shape index (κ2) is 7.82. The van der Waals surface area contributed by atoms with Gasteiger partial charge in [0.25, 0.3) is 0 Å². The molecule has 1 N–H and O–H groups in total. The van der Waals surface area contributed by atoms with Gasteiger partial charge in [0, 0.05) is 18.8 Å². The maximum atomic E-state index is 6.14. The van der Waals surface area contributed by atoms with E-state index in [1.54, 1.807) is 0 Å². The van der Waals surface area contributed by atoms with Crippen molar-refractivity contribution in [2.75, 3.05) is 0 Å². The molecule has 3 rings (SSSR count). The first-order chi connectivity index (χ1) is 11.8. The van der Waals surface area contributed by atoms with Crippen LogP contribution in [0.25, 0.3) is 0 Å². The molecule has 0 bridgehead atoms. The Hall–Kier alpha value is -2.55. The normalized spacial score (nSPS) is 10.8. The largest absolute Gasteiger partial charge is 0.489 e. The van der Waals surface area contributed by atoms with Crippen molar-refractivity contribution in [3.63, 3.8) is 0 Å². The molecule has 0 saturated carbocycles. The summed E-state index contributed by atoms with van der Waals surface area (Å²) in [5, 5.41) is 0. The van der Waals surface area contributed by atoms with Crippen molar-refractivity contribution in [2.45, 2.75) is 39.7 Å². The zero-order valence-corrected chi connectivity index (χ0v) is 14.4. The Kier molecular flexibility index (Phi) is 5.32. The summed E-state index contributed by atoms with van der Waals surface area (Å²) in [5.41, 5.74) is 5.20. The third-order valence-electron chi connectivity index (χ3n) is 4.36.